The summed E-state index contributed by atoms with van der Waals surface area (Å²) in [4.78, 5) is 31.4. The minimum absolute atomic E-state index is 0.0615. The molecule has 2 saturated heterocycles. The number of nitrogens with zero attached hydrogens (tertiary/aromatic N) is 3. The summed E-state index contributed by atoms with van der Waals surface area (Å²) < 4.78 is 0. The smallest absolute Gasteiger partial charge is 0.236 e. The van der Waals surface area contributed by atoms with Gasteiger partial charge in [0.05, 0.1) is 13.1 Å². The van der Waals surface area contributed by atoms with Gasteiger partial charge in [-0.3, -0.25) is 19.4 Å². The highest BCUT2D eigenvalue weighted by Gasteiger charge is 2.27. The first kappa shape index (κ1) is 21.8. The van der Waals surface area contributed by atoms with E-state index in [2.05, 4.69) is 60.2 Å². The molecule has 0 unspecified atom stereocenters. The molecule has 3 rings (SSSR count). The zero-order chi connectivity index (χ0) is 20.8. The summed E-state index contributed by atoms with van der Waals surface area (Å²) in [5.74, 6) is 1.51. The Morgan fingerprint density at radius 2 is 1.48 bits per heavy atom. The molecule has 6 nitrogen and oxygen atoms in total. The maximum atomic E-state index is 12.7. The van der Waals surface area contributed by atoms with E-state index in [0.29, 0.717) is 31.5 Å². The molecule has 1 aromatic carbocycles. The van der Waals surface area contributed by atoms with Crippen LogP contribution in [0, 0.1) is 18.8 Å². The van der Waals surface area contributed by atoms with Crippen LogP contribution < -0.4 is 5.32 Å². The van der Waals surface area contributed by atoms with Crippen molar-refractivity contribution in [1.82, 2.24) is 20.0 Å². The van der Waals surface area contributed by atoms with Gasteiger partial charge in [-0.05, 0) is 30.7 Å². The van der Waals surface area contributed by atoms with Crippen molar-refractivity contribution in [1.29, 1.82) is 0 Å². The number of hydrogen-bond donors (Lipinski definition) is 1. The summed E-state index contributed by atoms with van der Waals surface area (Å²) in [6, 6.07) is 8.23. The number of carbonyl (C=O) groups excluding carboxylic acids is 2. The second-order valence-electron chi connectivity index (χ2n) is 9.06. The van der Waals surface area contributed by atoms with Crippen molar-refractivity contribution in [3.8, 4) is 0 Å². The number of nitrogens with one attached hydrogen (secondary N) is 1. The molecule has 0 aliphatic carbocycles. The highest BCUT2D eigenvalue weighted by Crippen LogP contribution is 2.21. The topological polar surface area (TPSA) is 55.9 Å². The van der Waals surface area contributed by atoms with Gasteiger partial charge in [-0.15, -0.1) is 0 Å². The number of likely N-dealkylation sites (tertiary alicyclic amines) is 1. The Labute approximate surface area is 175 Å². The fraction of sp³-hybridized carbons (Fsp3) is 0.652. The van der Waals surface area contributed by atoms with Crippen molar-refractivity contribution in [2.24, 2.45) is 11.8 Å². The van der Waals surface area contributed by atoms with E-state index < -0.39 is 0 Å². The third kappa shape index (κ3) is 6.82. The van der Waals surface area contributed by atoms with E-state index in [1.54, 1.807) is 0 Å². The molecule has 2 amide bonds. The number of amides is 2. The number of benzene rings is 1. The molecule has 0 saturated carbocycles. The molecule has 0 spiro atoms. The van der Waals surface area contributed by atoms with Crippen LogP contribution in [0.5, 0.6) is 0 Å². The highest BCUT2D eigenvalue weighted by atomic mass is 16.2. The van der Waals surface area contributed by atoms with Gasteiger partial charge in [0, 0.05) is 45.8 Å². The van der Waals surface area contributed by atoms with Crippen LogP contribution in [-0.4, -0.2) is 78.9 Å². The van der Waals surface area contributed by atoms with Crippen molar-refractivity contribution < 1.29 is 9.59 Å². The molecule has 0 aromatic heterocycles. The summed E-state index contributed by atoms with van der Waals surface area (Å²) in [6.07, 6.45) is 1.22. The van der Waals surface area contributed by atoms with E-state index in [1.165, 1.54) is 12.0 Å². The molecule has 29 heavy (non-hydrogen) atoms. The van der Waals surface area contributed by atoms with Gasteiger partial charge in [0.2, 0.25) is 11.8 Å². The lowest BCUT2D eigenvalue weighted by Crippen LogP contribution is -2.53. The van der Waals surface area contributed by atoms with Gasteiger partial charge in [0.15, 0.2) is 0 Å². The monoisotopic (exact) mass is 400 g/mol. The van der Waals surface area contributed by atoms with Crippen LogP contribution in [0.1, 0.15) is 31.4 Å². The third-order valence-electron chi connectivity index (χ3n) is 6.02. The first-order chi connectivity index (χ1) is 13.9. The molecule has 2 heterocycles. The van der Waals surface area contributed by atoms with Crippen LogP contribution in [0.3, 0.4) is 0 Å². The quantitative estimate of drug-likeness (QED) is 0.790. The first-order valence-corrected chi connectivity index (χ1v) is 10.9. The Bertz CT molecular complexity index is 673. The molecule has 6 heteroatoms. The Balaban J connectivity index is 1.35. The zero-order valence-electron chi connectivity index (χ0n) is 18.2. The van der Waals surface area contributed by atoms with Crippen LogP contribution in [0.2, 0.25) is 0 Å². The number of aryl methyl sites for hydroxylation is 1. The molecule has 1 aromatic rings. The van der Waals surface area contributed by atoms with Crippen LogP contribution in [0.15, 0.2) is 24.3 Å². The summed E-state index contributed by atoms with van der Waals surface area (Å²) in [5.41, 5.74) is 2.34. The van der Waals surface area contributed by atoms with E-state index in [1.807, 2.05) is 4.90 Å². The molecule has 0 radical (unpaired) electrons. The predicted molar refractivity (Wildman–Crippen MR) is 115 cm³/mol. The van der Waals surface area contributed by atoms with Crippen molar-refractivity contribution in [2.45, 2.75) is 33.7 Å². The third-order valence-corrected chi connectivity index (χ3v) is 6.02. The summed E-state index contributed by atoms with van der Waals surface area (Å²) >= 11 is 0. The van der Waals surface area contributed by atoms with E-state index in [4.69, 9.17) is 0 Å². The Morgan fingerprint density at radius 1 is 0.931 bits per heavy atom. The minimum Gasteiger partial charge on any atom is -0.351 e. The van der Waals surface area contributed by atoms with Crippen molar-refractivity contribution >= 4 is 11.8 Å². The first-order valence-electron chi connectivity index (χ1n) is 10.9. The minimum atomic E-state index is 0.0615. The Morgan fingerprint density at radius 3 is 2.07 bits per heavy atom. The normalized spacial score (nSPS) is 23.8. The molecule has 160 valence electrons. The van der Waals surface area contributed by atoms with E-state index in [0.717, 1.165) is 44.8 Å². The zero-order valence-corrected chi connectivity index (χ0v) is 18.2. The van der Waals surface area contributed by atoms with Crippen molar-refractivity contribution in [3.05, 3.63) is 35.4 Å². The summed E-state index contributed by atoms with van der Waals surface area (Å²) in [7, 11) is 0. The number of hydrogen-bond acceptors (Lipinski definition) is 4. The molecule has 2 atom stereocenters. The van der Waals surface area contributed by atoms with E-state index >= 15 is 0 Å². The van der Waals surface area contributed by atoms with Crippen molar-refractivity contribution in [2.75, 3.05) is 52.4 Å². The maximum absolute atomic E-state index is 12.7. The average molecular weight is 401 g/mol. The molecular weight excluding hydrogens is 364 g/mol. The van der Waals surface area contributed by atoms with Gasteiger partial charge >= 0.3 is 0 Å². The lowest BCUT2D eigenvalue weighted by Gasteiger charge is -2.38. The Kier molecular flexibility index (Phi) is 7.67. The maximum Gasteiger partial charge on any atom is 0.236 e. The fourth-order valence-electron chi connectivity index (χ4n) is 4.43. The number of piperazine rings is 1. The van der Waals surface area contributed by atoms with Crippen molar-refractivity contribution in [3.63, 3.8) is 0 Å². The number of rotatable bonds is 6. The lowest BCUT2D eigenvalue weighted by molar-refractivity contribution is -0.135. The van der Waals surface area contributed by atoms with Crippen LogP contribution in [0.25, 0.3) is 0 Å². The largest absolute Gasteiger partial charge is 0.351 e. The fourth-order valence-corrected chi connectivity index (χ4v) is 4.43. The lowest BCUT2D eigenvalue weighted by atomic mass is 9.92. The van der Waals surface area contributed by atoms with Crippen LogP contribution in [0.4, 0.5) is 0 Å². The molecular formula is C23H36N4O2. The van der Waals surface area contributed by atoms with Gasteiger partial charge in [0.1, 0.15) is 0 Å². The van der Waals surface area contributed by atoms with E-state index in [9.17, 15) is 9.59 Å². The van der Waals surface area contributed by atoms with E-state index in [-0.39, 0.29) is 11.8 Å². The van der Waals surface area contributed by atoms with Gasteiger partial charge in [0.25, 0.3) is 0 Å². The molecule has 0 bridgehead atoms. The second kappa shape index (κ2) is 10.2. The molecule has 2 aliphatic rings. The molecule has 2 aliphatic heterocycles. The number of piperidine rings is 1. The second-order valence-corrected chi connectivity index (χ2v) is 9.06. The van der Waals surface area contributed by atoms with Crippen LogP contribution in [-0.2, 0) is 16.1 Å². The number of carbonyl (C=O) groups is 2. The highest BCUT2D eigenvalue weighted by molar-refractivity contribution is 5.79. The standard InChI is InChI=1S/C23H36N4O2/c1-18-4-6-21(7-5-18)13-24-22(28)16-25-8-10-26(11-9-25)17-23(29)27-14-19(2)12-20(3)15-27/h4-7,19-20H,8-17H2,1-3H3,(H,24,28)/t19-,20+. The van der Waals surface area contributed by atoms with Crippen LogP contribution >= 0.6 is 0 Å². The predicted octanol–water partition coefficient (Wildman–Crippen LogP) is 1.73. The SMILES string of the molecule is Cc1ccc(CNC(=O)CN2CCN(CC(=O)N3C[C@H](C)C[C@H](C)C3)CC2)cc1. The molecule has 1 N–H and O–H groups in total. The Hall–Kier alpha value is -1.92. The van der Waals surface area contributed by atoms with Gasteiger partial charge in [-0.25, -0.2) is 0 Å². The van der Waals surface area contributed by atoms with Gasteiger partial charge < -0.3 is 10.2 Å². The molecule has 2 fully saturated rings. The van der Waals surface area contributed by atoms with Gasteiger partial charge in [-0.2, -0.15) is 0 Å². The van der Waals surface area contributed by atoms with Gasteiger partial charge in [-0.1, -0.05) is 43.7 Å². The summed E-state index contributed by atoms with van der Waals surface area (Å²) in [5, 5.41) is 3.01. The summed E-state index contributed by atoms with van der Waals surface area (Å²) in [6.45, 7) is 13.2. The average Bonchev–Trinajstić information content (AvgIpc) is 2.68.